The number of aromatic nitrogens is 3. The molecule has 0 aliphatic carbocycles. The second kappa shape index (κ2) is 8.03. The summed E-state index contributed by atoms with van der Waals surface area (Å²) in [4.78, 5) is 9.34. The Balaban J connectivity index is 1.45. The Morgan fingerprint density at radius 3 is 2.33 bits per heavy atom. The molecule has 1 unspecified atom stereocenters. The first-order valence-corrected chi connectivity index (χ1v) is 9.68. The summed E-state index contributed by atoms with van der Waals surface area (Å²) in [6.45, 7) is 7.64. The van der Waals surface area contributed by atoms with E-state index in [0.717, 1.165) is 44.8 Å². The van der Waals surface area contributed by atoms with Crippen molar-refractivity contribution < 1.29 is 0 Å². The Morgan fingerprint density at radius 2 is 1.67 bits per heavy atom. The van der Waals surface area contributed by atoms with Crippen LogP contribution in [0.3, 0.4) is 0 Å². The number of hydrogen-bond acceptors (Lipinski definition) is 4. The Labute approximate surface area is 161 Å². The van der Waals surface area contributed by atoms with E-state index < -0.39 is 0 Å². The summed E-state index contributed by atoms with van der Waals surface area (Å²) >= 11 is 0. The van der Waals surface area contributed by atoms with Gasteiger partial charge in [-0.1, -0.05) is 30.3 Å². The van der Waals surface area contributed by atoms with E-state index in [1.54, 1.807) is 0 Å². The summed E-state index contributed by atoms with van der Waals surface area (Å²) in [6.07, 6.45) is 6.70. The predicted molar refractivity (Wildman–Crippen MR) is 107 cm³/mol. The summed E-state index contributed by atoms with van der Waals surface area (Å²) < 4.78 is 0. The molecule has 1 N–H and O–H groups in total. The maximum Gasteiger partial charge on any atom is 0.0856 e. The zero-order valence-corrected chi connectivity index (χ0v) is 15.9. The topological polar surface area (TPSA) is 48.1 Å². The van der Waals surface area contributed by atoms with Crippen molar-refractivity contribution in [1.29, 1.82) is 0 Å². The molecule has 0 saturated carbocycles. The quantitative estimate of drug-likeness (QED) is 0.733. The lowest BCUT2D eigenvalue weighted by Crippen LogP contribution is -2.55. The van der Waals surface area contributed by atoms with Crippen LogP contribution in [-0.4, -0.2) is 57.7 Å². The third-order valence-electron chi connectivity index (χ3n) is 5.83. The van der Waals surface area contributed by atoms with Crippen LogP contribution in [0.5, 0.6) is 0 Å². The van der Waals surface area contributed by atoms with Crippen LogP contribution < -0.4 is 0 Å². The lowest BCUT2D eigenvalue weighted by molar-refractivity contribution is 0.0605. The van der Waals surface area contributed by atoms with E-state index in [1.807, 2.05) is 18.6 Å². The van der Waals surface area contributed by atoms with Gasteiger partial charge in [0, 0.05) is 51.3 Å². The van der Waals surface area contributed by atoms with E-state index in [9.17, 15) is 0 Å². The summed E-state index contributed by atoms with van der Waals surface area (Å²) in [5.41, 5.74) is 3.58. The Bertz CT molecular complexity index is 810. The number of rotatable bonds is 6. The van der Waals surface area contributed by atoms with Crippen molar-refractivity contribution in [2.75, 3.05) is 32.7 Å². The first-order chi connectivity index (χ1) is 13.3. The lowest BCUT2D eigenvalue weighted by Gasteiger charge is -2.45. The molecule has 3 aromatic rings. The SMILES string of the molecule is CC(c1ccncc1)(c1ccn[nH]1)N1CCN(CCc2ccccc2)CC1. The van der Waals surface area contributed by atoms with Crippen LogP contribution in [0.25, 0.3) is 0 Å². The van der Waals surface area contributed by atoms with E-state index in [1.165, 1.54) is 11.1 Å². The third-order valence-corrected chi connectivity index (χ3v) is 5.83. The second-order valence-electron chi connectivity index (χ2n) is 7.34. The number of aromatic amines is 1. The molecule has 4 rings (SSSR count). The predicted octanol–water partition coefficient (Wildman–Crippen LogP) is 2.93. The van der Waals surface area contributed by atoms with Crippen molar-refractivity contribution in [3.8, 4) is 0 Å². The van der Waals surface area contributed by atoms with Gasteiger partial charge >= 0.3 is 0 Å². The van der Waals surface area contributed by atoms with Gasteiger partial charge in [0.05, 0.1) is 11.2 Å². The van der Waals surface area contributed by atoms with Gasteiger partial charge in [-0.25, -0.2) is 0 Å². The zero-order chi connectivity index (χ0) is 18.5. The van der Waals surface area contributed by atoms with Crippen LogP contribution in [0, 0.1) is 0 Å². The number of nitrogens with one attached hydrogen (secondary N) is 1. The second-order valence-corrected chi connectivity index (χ2v) is 7.34. The molecule has 0 radical (unpaired) electrons. The van der Waals surface area contributed by atoms with Crippen molar-refractivity contribution in [2.45, 2.75) is 18.9 Å². The van der Waals surface area contributed by atoms with E-state index in [2.05, 4.69) is 80.4 Å². The average molecular weight is 361 g/mol. The van der Waals surface area contributed by atoms with Gasteiger partial charge in [-0.2, -0.15) is 5.10 Å². The normalized spacial score (nSPS) is 18.3. The van der Waals surface area contributed by atoms with Gasteiger partial charge in [0.1, 0.15) is 0 Å². The highest BCUT2D eigenvalue weighted by Crippen LogP contribution is 2.34. The molecule has 5 heteroatoms. The summed E-state index contributed by atoms with van der Waals surface area (Å²) in [5, 5.41) is 7.41. The van der Waals surface area contributed by atoms with Crippen LogP contribution in [0.4, 0.5) is 0 Å². The van der Waals surface area contributed by atoms with Crippen LogP contribution in [-0.2, 0) is 12.0 Å². The molecule has 27 heavy (non-hydrogen) atoms. The molecule has 1 fully saturated rings. The minimum Gasteiger partial charge on any atom is -0.300 e. The van der Waals surface area contributed by atoms with Gasteiger partial charge in [0.2, 0.25) is 0 Å². The number of piperazine rings is 1. The van der Waals surface area contributed by atoms with Crippen molar-refractivity contribution in [1.82, 2.24) is 25.0 Å². The standard InChI is InChI=1S/C22H27N5/c1-22(21-9-13-24-25-21,20-7-11-23-12-8-20)27-17-15-26(16-18-27)14-10-19-5-3-2-4-6-19/h2-9,11-13H,10,14-18H2,1H3,(H,24,25). The molecule has 1 saturated heterocycles. The Hall–Kier alpha value is -2.50. The molecule has 1 aliphatic rings. The maximum absolute atomic E-state index is 4.21. The smallest absolute Gasteiger partial charge is 0.0856 e. The highest BCUT2D eigenvalue weighted by molar-refractivity contribution is 5.32. The van der Waals surface area contributed by atoms with Crippen molar-refractivity contribution in [2.24, 2.45) is 0 Å². The number of pyridine rings is 1. The van der Waals surface area contributed by atoms with E-state index in [0.29, 0.717) is 0 Å². The third kappa shape index (κ3) is 3.80. The number of H-pyrrole nitrogens is 1. The monoisotopic (exact) mass is 361 g/mol. The van der Waals surface area contributed by atoms with Crippen molar-refractivity contribution >= 4 is 0 Å². The van der Waals surface area contributed by atoms with Crippen molar-refractivity contribution in [3.05, 3.63) is 83.9 Å². The van der Waals surface area contributed by atoms with Gasteiger partial charge < -0.3 is 4.90 Å². The van der Waals surface area contributed by atoms with Crippen LogP contribution in [0.1, 0.15) is 23.7 Å². The molecule has 5 nitrogen and oxygen atoms in total. The van der Waals surface area contributed by atoms with Crippen molar-refractivity contribution in [3.63, 3.8) is 0 Å². The molecule has 2 aromatic heterocycles. The number of nitrogens with zero attached hydrogens (tertiary/aromatic N) is 4. The molecule has 1 atom stereocenters. The molecule has 140 valence electrons. The van der Waals surface area contributed by atoms with E-state index in [4.69, 9.17) is 0 Å². The van der Waals surface area contributed by atoms with E-state index in [-0.39, 0.29) is 5.54 Å². The maximum atomic E-state index is 4.21. The molecule has 1 aliphatic heterocycles. The molecule has 0 spiro atoms. The molecule has 0 amide bonds. The summed E-state index contributed by atoms with van der Waals surface area (Å²) in [7, 11) is 0. The number of benzene rings is 1. The van der Waals surface area contributed by atoms with Gasteiger partial charge in [0.15, 0.2) is 0 Å². The minimum atomic E-state index is -0.217. The minimum absolute atomic E-state index is 0.217. The largest absolute Gasteiger partial charge is 0.300 e. The molecular formula is C22H27N5. The highest BCUT2D eigenvalue weighted by atomic mass is 15.3. The van der Waals surface area contributed by atoms with Gasteiger partial charge in [0.25, 0.3) is 0 Å². The fourth-order valence-corrected chi connectivity index (χ4v) is 4.06. The summed E-state index contributed by atoms with van der Waals surface area (Å²) in [5.74, 6) is 0. The lowest BCUT2D eigenvalue weighted by atomic mass is 9.86. The highest BCUT2D eigenvalue weighted by Gasteiger charge is 2.38. The fourth-order valence-electron chi connectivity index (χ4n) is 4.06. The first-order valence-electron chi connectivity index (χ1n) is 9.68. The average Bonchev–Trinajstić information content (AvgIpc) is 3.29. The van der Waals surface area contributed by atoms with Crippen LogP contribution in [0.2, 0.25) is 0 Å². The Kier molecular flexibility index (Phi) is 5.32. The van der Waals surface area contributed by atoms with Gasteiger partial charge in [-0.05, 0) is 42.7 Å². The summed E-state index contributed by atoms with van der Waals surface area (Å²) in [6, 6.07) is 17.1. The fraction of sp³-hybridized carbons (Fsp3) is 0.364. The van der Waals surface area contributed by atoms with Gasteiger partial charge in [-0.15, -0.1) is 0 Å². The number of hydrogen-bond donors (Lipinski definition) is 1. The first kappa shape index (κ1) is 17.9. The zero-order valence-electron chi connectivity index (χ0n) is 15.9. The molecular weight excluding hydrogens is 334 g/mol. The molecule has 0 bridgehead atoms. The van der Waals surface area contributed by atoms with Crippen LogP contribution in [0.15, 0.2) is 67.1 Å². The van der Waals surface area contributed by atoms with E-state index >= 15 is 0 Å². The molecule has 1 aromatic carbocycles. The molecule has 3 heterocycles. The van der Waals surface area contributed by atoms with Gasteiger partial charge in [-0.3, -0.25) is 15.0 Å². The Morgan fingerprint density at radius 1 is 0.926 bits per heavy atom. The van der Waals surface area contributed by atoms with Crippen LogP contribution >= 0.6 is 0 Å².